The Kier molecular flexibility index (Phi) is 14.6. The molecule has 0 saturated carbocycles. The average molecular weight is 639 g/mol. The molecule has 3 aromatic carbocycles. The van der Waals surface area contributed by atoms with Crippen LogP contribution in [0.5, 0.6) is 11.5 Å². The Morgan fingerprint density at radius 3 is 1.51 bits per heavy atom. The number of carbonyl (C=O) groups is 2. The van der Waals surface area contributed by atoms with Crippen molar-refractivity contribution in [3.05, 3.63) is 119 Å². The maximum Gasteiger partial charge on any atom is 0.330 e. The van der Waals surface area contributed by atoms with Gasteiger partial charge < -0.3 is 18.9 Å². The number of fused-ring (bicyclic) bond motifs is 1. The largest absolute Gasteiger partial charge is 0.494 e. The van der Waals surface area contributed by atoms with Crippen LogP contribution in [0.15, 0.2) is 97.1 Å². The molecule has 0 atom stereocenters. The molecular formula is C41H50O6. The van der Waals surface area contributed by atoms with Crippen LogP contribution in [-0.2, 0) is 30.9 Å². The molecule has 6 nitrogen and oxygen atoms in total. The van der Waals surface area contributed by atoms with Crippen LogP contribution in [0.25, 0.3) is 0 Å². The SMILES string of the molecule is CC=CC(=O)OCCCCCCOc1ccc(C2(c3ccc(OCCCCCCOC(=O)C=CC)cc3)CCc3ccccc32)cc1. The smallest absolute Gasteiger partial charge is 0.330 e. The first-order chi connectivity index (χ1) is 23.1. The predicted octanol–water partition coefficient (Wildman–Crippen LogP) is 9.08. The Bertz CT molecular complexity index is 1350. The molecule has 0 unspecified atom stereocenters. The van der Waals surface area contributed by atoms with E-state index >= 15 is 0 Å². The minimum absolute atomic E-state index is 0.222. The molecule has 0 fully saturated rings. The maximum atomic E-state index is 11.4. The molecule has 0 radical (unpaired) electrons. The molecule has 250 valence electrons. The summed E-state index contributed by atoms with van der Waals surface area (Å²) in [4.78, 5) is 22.7. The number of esters is 2. The fourth-order valence-electron chi connectivity index (χ4n) is 6.26. The lowest BCUT2D eigenvalue weighted by Gasteiger charge is -2.32. The van der Waals surface area contributed by atoms with Gasteiger partial charge in [-0.05, 0) is 125 Å². The highest BCUT2D eigenvalue weighted by Crippen LogP contribution is 2.49. The molecule has 0 bridgehead atoms. The van der Waals surface area contributed by atoms with Crippen molar-refractivity contribution >= 4 is 11.9 Å². The normalized spacial score (nSPS) is 15.5. The van der Waals surface area contributed by atoms with E-state index in [0.717, 1.165) is 75.7 Å². The third-order valence-electron chi connectivity index (χ3n) is 8.65. The van der Waals surface area contributed by atoms with Crippen LogP contribution >= 0.6 is 0 Å². The van der Waals surface area contributed by atoms with Gasteiger partial charge in [0.25, 0.3) is 0 Å². The second-order valence-corrected chi connectivity index (χ2v) is 12.0. The minimum Gasteiger partial charge on any atom is -0.494 e. The van der Waals surface area contributed by atoms with Crippen molar-refractivity contribution < 1.29 is 28.5 Å². The molecule has 6 heteroatoms. The van der Waals surface area contributed by atoms with Crippen molar-refractivity contribution in [2.75, 3.05) is 26.4 Å². The summed E-state index contributed by atoms with van der Waals surface area (Å²) in [6, 6.07) is 26.1. The summed E-state index contributed by atoms with van der Waals surface area (Å²) in [6.45, 7) is 5.87. The molecule has 3 aromatic rings. The molecule has 0 saturated heterocycles. The van der Waals surface area contributed by atoms with E-state index in [4.69, 9.17) is 18.9 Å². The van der Waals surface area contributed by atoms with Gasteiger partial charge in [0.2, 0.25) is 0 Å². The second kappa shape index (κ2) is 19.4. The van der Waals surface area contributed by atoms with Gasteiger partial charge in [0.15, 0.2) is 0 Å². The highest BCUT2D eigenvalue weighted by molar-refractivity contribution is 5.82. The number of hydrogen-bond donors (Lipinski definition) is 0. The number of hydrogen-bond acceptors (Lipinski definition) is 6. The topological polar surface area (TPSA) is 71.1 Å². The van der Waals surface area contributed by atoms with Crippen LogP contribution in [-0.4, -0.2) is 38.4 Å². The van der Waals surface area contributed by atoms with Crippen molar-refractivity contribution in [1.29, 1.82) is 0 Å². The number of rotatable bonds is 20. The first kappa shape index (κ1) is 35.5. The summed E-state index contributed by atoms with van der Waals surface area (Å²) in [5.41, 5.74) is 5.09. The Labute approximate surface area is 280 Å². The van der Waals surface area contributed by atoms with Gasteiger partial charge >= 0.3 is 11.9 Å². The van der Waals surface area contributed by atoms with Crippen molar-refractivity contribution in [1.82, 2.24) is 0 Å². The van der Waals surface area contributed by atoms with Gasteiger partial charge in [-0.3, -0.25) is 0 Å². The molecule has 0 heterocycles. The van der Waals surface area contributed by atoms with Gasteiger partial charge in [0, 0.05) is 17.6 Å². The monoisotopic (exact) mass is 638 g/mol. The van der Waals surface area contributed by atoms with Gasteiger partial charge in [-0.15, -0.1) is 0 Å². The standard InChI is InChI=1S/C41H50O6/c1-3-15-39(42)46-31-13-7-5-11-29-44-36-23-19-34(20-24-36)41(28-27-33-17-9-10-18-38(33)41)35-21-25-37(26-22-35)45-30-12-6-8-14-32-47-40(43)16-4-2/h3-4,9-10,15-26H,5-8,11-14,27-32H2,1-2H3. The maximum absolute atomic E-state index is 11.4. The lowest BCUT2D eigenvalue weighted by atomic mass is 9.70. The first-order valence-electron chi connectivity index (χ1n) is 17.2. The summed E-state index contributed by atoms with van der Waals surface area (Å²) in [5, 5.41) is 0. The fourth-order valence-corrected chi connectivity index (χ4v) is 6.26. The number of carbonyl (C=O) groups excluding carboxylic acids is 2. The van der Waals surface area contributed by atoms with E-state index in [0.29, 0.717) is 26.4 Å². The Balaban J connectivity index is 1.28. The van der Waals surface area contributed by atoms with Gasteiger partial charge in [0.05, 0.1) is 26.4 Å². The highest BCUT2D eigenvalue weighted by Gasteiger charge is 2.41. The molecule has 1 aliphatic carbocycles. The van der Waals surface area contributed by atoms with E-state index in [1.165, 1.54) is 34.4 Å². The summed E-state index contributed by atoms with van der Waals surface area (Å²) in [6.07, 6.45) is 16.1. The summed E-state index contributed by atoms with van der Waals surface area (Å²) >= 11 is 0. The van der Waals surface area contributed by atoms with Gasteiger partial charge in [-0.25, -0.2) is 9.59 Å². The van der Waals surface area contributed by atoms with E-state index in [9.17, 15) is 9.59 Å². The average Bonchev–Trinajstić information content (AvgIpc) is 3.48. The molecule has 0 N–H and O–H groups in total. The third-order valence-corrected chi connectivity index (χ3v) is 8.65. The molecule has 4 rings (SSSR count). The minimum atomic E-state index is -0.273. The second-order valence-electron chi connectivity index (χ2n) is 12.0. The Morgan fingerprint density at radius 2 is 1.04 bits per heavy atom. The van der Waals surface area contributed by atoms with E-state index < -0.39 is 0 Å². The quantitative estimate of drug-likeness (QED) is 0.0699. The molecule has 1 aliphatic rings. The predicted molar refractivity (Wildman–Crippen MR) is 187 cm³/mol. The molecule has 0 amide bonds. The fraction of sp³-hybridized carbons (Fsp3) is 0.415. The van der Waals surface area contributed by atoms with E-state index in [-0.39, 0.29) is 17.4 Å². The molecule has 0 aliphatic heterocycles. The van der Waals surface area contributed by atoms with Crippen LogP contribution in [0.3, 0.4) is 0 Å². The van der Waals surface area contributed by atoms with Crippen molar-refractivity contribution in [3.63, 3.8) is 0 Å². The van der Waals surface area contributed by atoms with E-state index in [2.05, 4.69) is 72.8 Å². The zero-order valence-electron chi connectivity index (χ0n) is 28.1. The highest BCUT2D eigenvalue weighted by atomic mass is 16.5. The summed E-state index contributed by atoms with van der Waals surface area (Å²) in [7, 11) is 0. The van der Waals surface area contributed by atoms with E-state index in [1.807, 2.05) is 0 Å². The zero-order chi connectivity index (χ0) is 33.2. The molecule has 0 spiro atoms. The number of allylic oxidation sites excluding steroid dienone is 2. The Morgan fingerprint density at radius 1 is 0.596 bits per heavy atom. The summed E-state index contributed by atoms with van der Waals surface area (Å²) in [5.74, 6) is 1.22. The third kappa shape index (κ3) is 10.6. The van der Waals surface area contributed by atoms with Crippen LogP contribution < -0.4 is 9.47 Å². The number of aryl methyl sites for hydroxylation is 1. The summed E-state index contributed by atoms with van der Waals surface area (Å²) < 4.78 is 22.5. The van der Waals surface area contributed by atoms with Gasteiger partial charge in [0.1, 0.15) is 11.5 Å². The van der Waals surface area contributed by atoms with E-state index in [1.54, 1.807) is 26.0 Å². The van der Waals surface area contributed by atoms with Crippen molar-refractivity contribution in [3.8, 4) is 11.5 Å². The van der Waals surface area contributed by atoms with Crippen LogP contribution in [0.1, 0.15) is 93.9 Å². The van der Waals surface area contributed by atoms with Crippen LogP contribution in [0.4, 0.5) is 0 Å². The molecule has 0 aromatic heterocycles. The van der Waals surface area contributed by atoms with Crippen molar-refractivity contribution in [2.24, 2.45) is 0 Å². The van der Waals surface area contributed by atoms with Gasteiger partial charge in [-0.1, -0.05) is 60.7 Å². The molecule has 47 heavy (non-hydrogen) atoms. The number of benzene rings is 3. The number of ether oxygens (including phenoxy) is 4. The molecular weight excluding hydrogens is 588 g/mol. The zero-order valence-corrected chi connectivity index (χ0v) is 28.1. The Hall–Kier alpha value is -4.32. The first-order valence-corrected chi connectivity index (χ1v) is 17.2. The van der Waals surface area contributed by atoms with Crippen LogP contribution in [0.2, 0.25) is 0 Å². The van der Waals surface area contributed by atoms with Crippen molar-refractivity contribution in [2.45, 2.75) is 83.5 Å². The van der Waals surface area contributed by atoms with Gasteiger partial charge in [-0.2, -0.15) is 0 Å². The number of unbranched alkanes of at least 4 members (excludes halogenated alkanes) is 6. The lowest BCUT2D eigenvalue weighted by Crippen LogP contribution is -2.26. The lowest BCUT2D eigenvalue weighted by molar-refractivity contribution is -0.138. The van der Waals surface area contributed by atoms with Crippen LogP contribution in [0, 0.1) is 0 Å².